The number of piperidine rings is 1. The Morgan fingerprint density at radius 1 is 1.10 bits per heavy atom. The fraction of sp³-hybridized carbons (Fsp3) is 0.591. The second-order valence-electron chi connectivity index (χ2n) is 8.28. The molecule has 0 spiro atoms. The lowest BCUT2D eigenvalue weighted by Gasteiger charge is -2.32. The van der Waals surface area contributed by atoms with E-state index in [1.807, 2.05) is 17.0 Å². The van der Waals surface area contributed by atoms with Crippen molar-refractivity contribution in [2.45, 2.75) is 51.0 Å². The Kier molecular flexibility index (Phi) is 6.40. The van der Waals surface area contributed by atoms with Crippen molar-refractivity contribution < 1.29 is 23.9 Å². The lowest BCUT2D eigenvalue weighted by Crippen LogP contribution is -2.41. The van der Waals surface area contributed by atoms with Gasteiger partial charge in [0.2, 0.25) is 17.7 Å². The van der Waals surface area contributed by atoms with Crippen molar-refractivity contribution >= 4 is 23.4 Å². The van der Waals surface area contributed by atoms with Crippen molar-refractivity contribution in [3.8, 4) is 11.5 Å². The minimum atomic E-state index is -0.0119. The maximum absolute atomic E-state index is 12.4. The van der Waals surface area contributed by atoms with Gasteiger partial charge in [0.05, 0.1) is 0 Å². The Balaban J connectivity index is 1.16. The van der Waals surface area contributed by atoms with Gasteiger partial charge in [-0.15, -0.1) is 0 Å². The smallest absolute Gasteiger partial charge is 0.224 e. The van der Waals surface area contributed by atoms with Gasteiger partial charge in [-0.2, -0.15) is 0 Å². The molecule has 8 nitrogen and oxygen atoms in total. The Hall–Kier alpha value is -2.77. The molecular formula is C22H29N3O5. The molecule has 0 saturated carbocycles. The largest absolute Gasteiger partial charge is 0.486 e. The SMILES string of the molecule is O=C(CCC1CCN(C(=O)C[C@H]2CCC(=O)N2)CC1)Nc1ccc2c(c1)OCCO2. The van der Waals surface area contributed by atoms with Crippen LogP contribution in [-0.4, -0.2) is 55.0 Å². The maximum Gasteiger partial charge on any atom is 0.224 e. The normalized spacial score (nSPS) is 21.3. The summed E-state index contributed by atoms with van der Waals surface area (Å²) in [6.07, 6.45) is 4.78. The van der Waals surface area contributed by atoms with Crippen LogP contribution >= 0.6 is 0 Å². The van der Waals surface area contributed by atoms with Crippen LogP contribution < -0.4 is 20.1 Å². The van der Waals surface area contributed by atoms with Gasteiger partial charge in [0.25, 0.3) is 0 Å². The lowest BCUT2D eigenvalue weighted by atomic mass is 9.91. The van der Waals surface area contributed by atoms with Crippen molar-refractivity contribution in [3.63, 3.8) is 0 Å². The molecular weight excluding hydrogens is 386 g/mol. The van der Waals surface area contributed by atoms with Gasteiger partial charge in [-0.25, -0.2) is 0 Å². The summed E-state index contributed by atoms with van der Waals surface area (Å²) in [5, 5.41) is 5.79. The van der Waals surface area contributed by atoms with Gasteiger partial charge in [0.15, 0.2) is 11.5 Å². The van der Waals surface area contributed by atoms with Gasteiger partial charge in [-0.05, 0) is 43.7 Å². The summed E-state index contributed by atoms with van der Waals surface area (Å²) in [6.45, 7) is 2.52. The highest BCUT2D eigenvalue weighted by atomic mass is 16.6. The number of hydrogen-bond donors (Lipinski definition) is 2. The first-order valence-corrected chi connectivity index (χ1v) is 10.8. The fourth-order valence-electron chi connectivity index (χ4n) is 4.32. The van der Waals surface area contributed by atoms with Gasteiger partial charge >= 0.3 is 0 Å². The van der Waals surface area contributed by atoms with E-state index in [0.717, 1.165) is 38.8 Å². The average Bonchev–Trinajstić information content (AvgIpc) is 3.17. The Morgan fingerprint density at radius 2 is 1.87 bits per heavy atom. The summed E-state index contributed by atoms with van der Waals surface area (Å²) in [5.74, 6) is 1.97. The summed E-state index contributed by atoms with van der Waals surface area (Å²) >= 11 is 0. The molecule has 0 bridgehead atoms. The van der Waals surface area contributed by atoms with Gasteiger partial charge in [0.1, 0.15) is 13.2 Å². The maximum atomic E-state index is 12.4. The van der Waals surface area contributed by atoms with E-state index in [1.54, 1.807) is 6.07 Å². The minimum absolute atomic E-state index is 0.00743. The van der Waals surface area contributed by atoms with Crippen molar-refractivity contribution in [2.24, 2.45) is 5.92 Å². The van der Waals surface area contributed by atoms with E-state index in [2.05, 4.69) is 10.6 Å². The van der Waals surface area contributed by atoms with Gasteiger partial charge in [0, 0.05) is 50.1 Å². The molecule has 2 fully saturated rings. The molecule has 3 amide bonds. The molecule has 2 N–H and O–H groups in total. The Morgan fingerprint density at radius 3 is 2.60 bits per heavy atom. The predicted octanol–water partition coefficient (Wildman–Crippen LogP) is 2.08. The molecule has 1 aromatic carbocycles. The predicted molar refractivity (Wildman–Crippen MR) is 110 cm³/mol. The molecule has 1 aromatic rings. The molecule has 0 unspecified atom stereocenters. The Labute approximate surface area is 176 Å². The third kappa shape index (κ3) is 5.23. The first-order chi connectivity index (χ1) is 14.6. The topological polar surface area (TPSA) is 97.0 Å². The second-order valence-corrected chi connectivity index (χ2v) is 8.28. The van der Waals surface area contributed by atoms with Crippen molar-refractivity contribution in [2.75, 3.05) is 31.6 Å². The number of nitrogens with zero attached hydrogens (tertiary/aromatic N) is 1. The molecule has 3 aliphatic heterocycles. The quantitative estimate of drug-likeness (QED) is 0.742. The van der Waals surface area contributed by atoms with Crippen LogP contribution in [0.25, 0.3) is 0 Å². The van der Waals surface area contributed by atoms with Crippen LogP contribution in [0, 0.1) is 5.92 Å². The van der Waals surface area contributed by atoms with Gasteiger partial charge < -0.3 is 25.0 Å². The number of ether oxygens (including phenoxy) is 2. The summed E-state index contributed by atoms with van der Waals surface area (Å²) in [7, 11) is 0. The van der Waals surface area contributed by atoms with Crippen LogP contribution in [0.1, 0.15) is 44.9 Å². The number of carbonyl (C=O) groups is 3. The second kappa shape index (κ2) is 9.36. The molecule has 0 radical (unpaired) electrons. The molecule has 0 aromatic heterocycles. The van der Waals surface area contributed by atoms with E-state index in [9.17, 15) is 14.4 Å². The monoisotopic (exact) mass is 415 g/mol. The van der Waals surface area contributed by atoms with Crippen molar-refractivity contribution in [1.29, 1.82) is 0 Å². The van der Waals surface area contributed by atoms with Crippen molar-refractivity contribution in [3.05, 3.63) is 18.2 Å². The summed E-state index contributed by atoms with van der Waals surface area (Å²) < 4.78 is 11.0. The first kappa shape index (κ1) is 20.5. The fourth-order valence-corrected chi connectivity index (χ4v) is 4.32. The number of carbonyl (C=O) groups excluding carboxylic acids is 3. The molecule has 4 rings (SSSR count). The summed E-state index contributed by atoms with van der Waals surface area (Å²) in [4.78, 5) is 37.9. The highest BCUT2D eigenvalue weighted by Crippen LogP contribution is 2.32. The number of fused-ring (bicyclic) bond motifs is 1. The molecule has 3 heterocycles. The number of anilines is 1. The van der Waals surface area contributed by atoms with Crippen LogP contribution in [-0.2, 0) is 14.4 Å². The average molecular weight is 415 g/mol. The molecule has 30 heavy (non-hydrogen) atoms. The van der Waals surface area contributed by atoms with Crippen LogP contribution in [0.5, 0.6) is 11.5 Å². The van der Waals surface area contributed by atoms with E-state index >= 15 is 0 Å². The molecule has 162 valence electrons. The summed E-state index contributed by atoms with van der Waals surface area (Å²) in [5.41, 5.74) is 0.712. The third-order valence-electron chi connectivity index (χ3n) is 6.08. The van der Waals surface area contributed by atoms with E-state index in [0.29, 0.717) is 55.6 Å². The van der Waals surface area contributed by atoms with Crippen LogP contribution in [0.4, 0.5) is 5.69 Å². The molecule has 3 aliphatic rings. The van der Waals surface area contributed by atoms with Gasteiger partial charge in [-0.1, -0.05) is 0 Å². The van der Waals surface area contributed by atoms with E-state index in [1.165, 1.54) is 0 Å². The summed E-state index contributed by atoms with van der Waals surface area (Å²) in [6, 6.07) is 5.42. The minimum Gasteiger partial charge on any atom is -0.486 e. The lowest BCUT2D eigenvalue weighted by molar-refractivity contribution is -0.133. The number of amides is 3. The highest BCUT2D eigenvalue weighted by molar-refractivity contribution is 5.91. The molecule has 0 aliphatic carbocycles. The zero-order valence-electron chi connectivity index (χ0n) is 17.2. The van der Waals surface area contributed by atoms with Crippen LogP contribution in [0.15, 0.2) is 18.2 Å². The molecule has 2 saturated heterocycles. The molecule has 8 heteroatoms. The Bertz CT molecular complexity index is 804. The van der Waals surface area contributed by atoms with Crippen LogP contribution in [0.2, 0.25) is 0 Å². The van der Waals surface area contributed by atoms with E-state index in [4.69, 9.17) is 9.47 Å². The third-order valence-corrected chi connectivity index (χ3v) is 6.08. The van der Waals surface area contributed by atoms with Gasteiger partial charge in [-0.3, -0.25) is 14.4 Å². The number of likely N-dealkylation sites (tertiary alicyclic amines) is 1. The van der Waals surface area contributed by atoms with Crippen molar-refractivity contribution in [1.82, 2.24) is 10.2 Å². The first-order valence-electron chi connectivity index (χ1n) is 10.8. The number of nitrogens with one attached hydrogen (secondary N) is 2. The number of benzene rings is 1. The van der Waals surface area contributed by atoms with Crippen LogP contribution in [0.3, 0.4) is 0 Å². The zero-order chi connectivity index (χ0) is 20.9. The molecule has 1 atom stereocenters. The standard InChI is InChI=1S/C22H29N3O5/c26-20(23-16-2-4-18-19(13-16)30-12-11-29-18)5-1-15-7-9-25(10-8-15)22(28)14-17-3-6-21(27)24-17/h2,4,13,15,17H,1,3,5-12,14H2,(H,23,26)(H,24,27)/t17-/m1/s1. The number of hydrogen-bond acceptors (Lipinski definition) is 5. The van der Waals surface area contributed by atoms with E-state index in [-0.39, 0.29) is 23.8 Å². The highest BCUT2D eigenvalue weighted by Gasteiger charge is 2.28. The number of rotatable bonds is 6. The van der Waals surface area contributed by atoms with E-state index < -0.39 is 0 Å². The zero-order valence-corrected chi connectivity index (χ0v) is 17.2.